The lowest BCUT2D eigenvalue weighted by molar-refractivity contribution is 0.303. The number of rotatable bonds is 11. The van der Waals surface area contributed by atoms with Crippen LogP contribution in [0.5, 0.6) is 23.3 Å². The predicted molar refractivity (Wildman–Crippen MR) is 150 cm³/mol. The third kappa shape index (κ3) is 6.03. The Morgan fingerprint density at radius 3 is 2.42 bits per heavy atom. The molecule has 1 aromatic heterocycles. The van der Waals surface area contributed by atoms with Gasteiger partial charge in [-0.3, -0.25) is 0 Å². The normalized spacial score (nSPS) is 11.8. The molecule has 1 heterocycles. The average molecular weight is 568 g/mol. The van der Waals surface area contributed by atoms with Crippen LogP contribution in [-0.4, -0.2) is 69.0 Å². The summed E-state index contributed by atoms with van der Waals surface area (Å²) in [6.07, 6.45) is 0. The van der Waals surface area contributed by atoms with E-state index < -0.39 is 32.4 Å². The van der Waals surface area contributed by atoms with Crippen LogP contribution in [0.4, 0.5) is 0 Å². The standard InChI is InChI=1S/C28H33N5O6S/c1-18(2)29-13-14-39-25-12-8-6-10-20(25)17-32(4)40(37,38)26-15-21(23(34)16-24(26)35)27-30-31-28(36)33(27)22-11-7-5-9-19(22)3/h5-12,15-16,18,29,34-35H,13-14,17H2,1-4H3,(H,31,36). The summed E-state index contributed by atoms with van der Waals surface area (Å²) in [6.45, 7) is 6.89. The molecule has 4 aromatic rings. The zero-order chi connectivity index (χ0) is 29.0. The largest absolute Gasteiger partial charge is 0.507 e. The molecule has 0 fully saturated rings. The van der Waals surface area contributed by atoms with Gasteiger partial charge in [-0.05, 0) is 30.7 Å². The van der Waals surface area contributed by atoms with Crippen molar-refractivity contribution in [3.05, 3.63) is 71.8 Å². The Labute approximate surface area is 233 Å². The Morgan fingerprint density at radius 1 is 1.00 bits per heavy atom. The Bertz CT molecular complexity index is 1600. The number of hydrogen-bond acceptors (Lipinski definition) is 9. The van der Waals surface area contributed by atoms with E-state index in [0.717, 1.165) is 22.0 Å². The van der Waals surface area contributed by atoms with E-state index in [2.05, 4.69) is 15.5 Å². The fraction of sp³-hybridized carbons (Fsp3) is 0.286. The molecule has 0 aliphatic heterocycles. The third-order valence-corrected chi connectivity index (χ3v) is 8.12. The molecule has 12 heteroatoms. The van der Waals surface area contributed by atoms with E-state index in [1.165, 1.54) is 11.6 Å². The Hall–Kier alpha value is -4.13. The van der Waals surface area contributed by atoms with E-state index in [1.807, 2.05) is 32.9 Å². The number of phenolic OH excluding ortho intramolecular Hbond substituents is 2. The lowest BCUT2D eigenvalue weighted by atomic mass is 10.1. The van der Waals surface area contributed by atoms with E-state index in [4.69, 9.17) is 4.74 Å². The SMILES string of the molecule is Cc1ccccc1-n1c(O)nnc1-c1cc(S(=O)(=O)N(C)Cc2ccccc2OCCNC(C)C)c(O)cc1O. The summed E-state index contributed by atoms with van der Waals surface area (Å²) in [4.78, 5) is -0.443. The fourth-order valence-corrected chi connectivity index (χ4v) is 5.44. The highest BCUT2D eigenvalue weighted by atomic mass is 32.2. The second-order valence-corrected chi connectivity index (χ2v) is 11.6. The molecular weight excluding hydrogens is 534 g/mol. The molecule has 40 heavy (non-hydrogen) atoms. The van der Waals surface area contributed by atoms with Crippen molar-refractivity contribution in [2.75, 3.05) is 20.2 Å². The van der Waals surface area contributed by atoms with Gasteiger partial charge in [-0.2, -0.15) is 4.31 Å². The van der Waals surface area contributed by atoms with Gasteiger partial charge in [0.2, 0.25) is 10.0 Å². The minimum atomic E-state index is -4.26. The number of hydrogen-bond donors (Lipinski definition) is 4. The quantitative estimate of drug-likeness (QED) is 0.200. The number of benzene rings is 3. The van der Waals surface area contributed by atoms with E-state index >= 15 is 0 Å². The van der Waals surface area contributed by atoms with Crippen molar-refractivity contribution >= 4 is 10.0 Å². The molecule has 0 radical (unpaired) electrons. The molecule has 4 rings (SSSR count). The summed E-state index contributed by atoms with van der Waals surface area (Å²) in [5, 5.41) is 42.7. The highest BCUT2D eigenvalue weighted by Crippen LogP contribution is 2.39. The molecule has 0 unspecified atom stereocenters. The maximum Gasteiger partial charge on any atom is 0.319 e. The third-order valence-electron chi connectivity index (χ3n) is 6.29. The van der Waals surface area contributed by atoms with Gasteiger partial charge < -0.3 is 25.4 Å². The second-order valence-electron chi connectivity index (χ2n) is 9.61. The van der Waals surface area contributed by atoms with Gasteiger partial charge in [-0.1, -0.05) is 55.3 Å². The molecular formula is C28H33N5O6S. The summed E-state index contributed by atoms with van der Waals surface area (Å²) in [7, 11) is -2.87. The first kappa shape index (κ1) is 28.9. The van der Waals surface area contributed by atoms with Crippen LogP contribution < -0.4 is 10.1 Å². The van der Waals surface area contributed by atoms with E-state index in [1.54, 1.807) is 36.4 Å². The summed E-state index contributed by atoms with van der Waals surface area (Å²) in [5.41, 5.74) is 1.92. The monoisotopic (exact) mass is 567 g/mol. The fourth-order valence-electron chi connectivity index (χ4n) is 4.21. The summed E-state index contributed by atoms with van der Waals surface area (Å²) in [6, 6.07) is 16.2. The minimum absolute atomic E-state index is 0.00263. The molecule has 0 spiro atoms. The van der Waals surface area contributed by atoms with E-state index in [0.29, 0.717) is 36.2 Å². The van der Waals surface area contributed by atoms with Gasteiger partial charge in [0, 0.05) is 37.8 Å². The van der Waals surface area contributed by atoms with Crippen LogP contribution in [0.15, 0.2) is 65.6 Å². The molecule has 0 amide bonds. The highest BCUT2D eigenvalue weighted by Gasteiger charge is 2.29. The van der Waals surface area contributed by atoms with Crippen molar-refractivity contribution in [3.63, 3.8) is 0 Å². The molecule has 0 bridgehead atoms. The van der Waals surface area contributed by atoms with Crippen molar-refractivity contribution in [2.45, 2.75) is 38.3 Å². The molecule has 0 aliphatic rings. The number of para-hydroxylation sites is 2. The Balaban J connectivity index is 1.67. The summed E-state index contributed by atoms with van der Waals surface area (Å²) in [5.74, 6) is -0.525. The Morgan fingerprint density at radius 2 is 1.70 bits per heavy atom. The van der Waals surface area contributed by atoms with Crippen molar-refractivity contribution < 1.29 is 28.5 Å². The Kier molecular flexibility index (Phi) is 8.62. The van der Waals surface area contributed by atoms with E-state index in [-0.39, 0.29) is 17.9 Å². The van der Waals surface area contributed by atoms with Gasteiger partial charge >= 0.3 is 6.01 Å². The molecule has 0 saturated heterocycles. The zero-order valence-corrected chi connectivity index (χ0v) is 23.6. The number of aromatic nitrogens is 3. The van der Waals surface area contributed by atoms with Gasteiger partial charge in [-0.15, -0.1) is 5.10 Å². The maximum absolute atomic E-state index is 13.7. The molecule has 3 aromatic carbocycles. The number of sulfonamides is 1. The summed E-state index contributed by atoms with van der Waals surface area (Å²) < 4.78 is 35.6. The maximum atomic E-state index is 13.7. The molecule has 0 saturated carbocycles. The first-order chi connectivity index (χ1) is 19.0. The van der Waals surface area contributed by atoms with Gasteiger partial charge in [-0.25, -0.2) is 13.0 Å². The van der Waals surface area contributed by atoms with Gasteiger partial charge in [0.25, 0.3) is 0 Å². The zero-order valence-electron chi connectivity index (χ0n) is 22.7. The smallest absolute Gasteiger partial charge is 0.319 e. The number of nitrogens with one attached hydrogen (secondary N) is 1. The first-order valence-corrected chi connectivity index (χ1v) is 14.1. The predicted octanol–water partition coefficient (Wildman–Crippen LogP) is 3.56. The van der Waals surface area contributed by atoms with Gasteiger partial charge in [0.1, 0.15) is 28.8 Å². The number of phenols is 2. The van der Waals surface area contributed by atoms with Crippen LogP contribution in [0.25, 0.3) is 17.1 Å². The second kappa shape index (κ2) is 11.9. The minimum Gasteiger partial charge on any atom is -0.507 e. The highest BCUT2D eigenvalue weighted by molar-refractivity contribution is 7.89. The number of nitrogens with zero attached hydrogens (tertiary/aromatic N) is 4. The van der Waals surface area contributed by atoms with Crippen molar-refractivity contribution in [2.24, 2.45) is 0 Å². The van der Waals surface area contributed by atoms with Crippen LogP contribution in [0.3, 0.4) is 0 Å². The van der Waals surface area contributed by atoms with E-state index in [9.17, 15) is 23.7 Å². The molecule has 212 valence electrons. The molecule has 4 N–H and O–H groups in total. The van der Waals surface area contributed by atoms with Crippen molar-refractivity contribution in [3.8, 4) is 40.3 Å². The van der Waals surface area contributed by atoms with Crippen molar-refractivity contribution in [1.82, 2.24) is 24.4 Å². The lowest BCUT2D eigenvalue weighted by Crippen LogP contribution is -2.28. The number of aromatic hydroxyl groups is 3. The van der Waals surface area contributed by atoms with Crippen molar-refractivity contribution in [1.29, 1.82) is 0 Å². The molecule has 0 aliphatic carbocycles. The van der Waals surface area contributed by atoms with Gasteiger partial charge in [0.05, 0.1) is 11.3 Å². The van der Waals surface area contributed by atoms with Crippen LogP contribution >= 0.6 is 0 Å². The molecule has 0 atom stereocenters. The number of ether oxygens (including phenoxy) is 1. The van der Waals surface area contributed by atoms with Crippen LogP contribution in [0, 0.1) is 6.92 Å². The lowest BCUT2D eigenvalue weighted by Gasteiger charge is -2.21. The van der Waals surface area contributed by atoms with Crippen LogP contribution in [0.2, 0.25) is 0 Å². The summed E-state index contributed by atoms with van der Waals surface area (Å²) >= 11 is 0. The first-order valence-electron chi connectivity index (χ1n) is 12.7. The topological polar surface area (TPSA) is 150 Å². The van der Waals surface area contributed by atoms with Gasteiger partial charge in [0.15, 0.2) is 5.82 Å². The van der Waals surface area contributed by atoms with Crippen LogP contribution in [0.1, 0.15) is 25.0 Å². The number of aryl methyl sites for hydroxylation is 1. The average Bonchev–Trinajstić information content (AvgIpc) is 3.28. The van der Waals surface area contributed by atoms with Crippen LogP contribution in [-0.2, 0) is 16.6 Å². The molecule has 11 nitrogen and oxygen atoms in total.